The van der Waals surface area contributed by atoms with Crippen LogP contribution >= 0.6 is 0 Å². The summed E-state index contributed by atoms with van der Waals surface area (Å²) < 4.78 is 0. The first kappa shape index (κ1) is 7.53. The van der Waals surface area contributed by atoms with Crippen molar-refractivity contribution in [2.75, 3.05) is 26.2 Å². The van der Waals surface area contributed by atoms with Gasteiger partial charge in [0.05, 0.1) is 13.1 Å². The Bertz CT molecular complexity index is 136. The Morgan fingerprint density at radius 2 is 2.18 bits per heavy atom. The predicted molar refractivity (Wildman–Crippen MR) is 43.3 cm³/mol. The van der Waals surface area contributed by atoms with Gasteiger partial charge in [0, 0.05) is 19.5 Å². The number of rotatable bonds is 2. The molecular formula is C8H16N2O. The molecule has 2 atom stereocenters. The third-order valence-corrected chi connectivity index (χ3v) is 2.70. The van der Waals surface area contributed by atoms with E-state index >= 15 is 0 Å². The Hall–Kier alpha value is -0.120. The van der Waals surface area contributed by atoms with Crippen LogP contribution in [0.15, 0.2) is 0 Å². The van der Waals surface area contributed by atoms with E-state index in [1.807, 2.05) is 0 Å². The molecular weight excluding hydrogens is 140 g/mol. The molecule has 2 rings (SSSR count). The van der Waals surface area contributed by atoms with Crippen molar-refractivity contribution < 1.29 is 5.06 Å². The summed E-state index contributed by atoms with van der Waals surface area (Å²) in [7, 11) is 0. The standard InChI is InChI=1S/C8H16N2O/c11-10-4-2-1-3-8(10)7-9-5-6-9/h8,10H,1-7H2. The first-order chi connectivity index (χ1) is 5.36. The van der Waals surface area contributed by atoms with Gasteiger partial charge in [-0.25, -0.2) is 0 Å². The van der Waals surface area contributed by atoms with Crippen LogP contribution in [0.25, 0.3) is 0 Å². The highest BCUT2D eigenvalue weighted by atomic mass is 16.5. The van der Waals surface area contributed by atoms with E-state index in [1.54, 1.807) is 0 Å². The molecule has 2 aliphatic heterocycles. The summed E-state index contributed by atoms with van der Waals surface area (Å²) in [6.45, 7) is 4.35. The maximum absolute atomic E-state index is 11.3. The van der Waals surface area contributed by atoms with Crippen molar-refractivity contribution in [2.45, 2.75) is 25.3 Å². The highest BCUT2D eigenvalue weighted by Crippen LogP contribution is 2.09. The van der Waals surface area contributed by atoms with E-state index in [1.165, 1.54) is 19.5 Å². The molecule has 0 spiro atoms. The molecule has 2 heterocycles. The lowest BCUT2D eigenvalue weighted by atomic mass is 10.0. The van der Waals surface area contributed by atoms with Crippen molar-refractivity contribution in [3.8, 4) is 0 Å². The zero-order valence-electron chi connectivity index (χ0n) is 6.88. The number of hydrogen-bond donors (Lipinski definition) is 1. The second kappa shape index (κ2) is 3.09. The normalized spacial score (nSPS) is 39.0. The van der Waals surface area contributed by atoms with Gasteiger partial charge in [0.15, 0.2) is 0 Å². The topological polar surface area (TPSA) is 30.5 Å². The van der Waals surface area contributed by atoms with Gasteiger partial charge in [-0.2, -0.15) is 0 Å². The molecule has 2 fully saturated rings. The van der Waals surface area contributed by atoms with Crippen molar-refractivity contribution in [2.24, 2.45) is 0 Å². The number of quaternary nitrogens is 1. The Morgan fingerprint density at radius 1 is 1.36 bits per heavy atom. The van der Waals surface area contributed by atoms with E-state index in [4.69, 9.17) is 0 Å². The van der Waals surface area contributed by atoms with Crippen molar-refractivity contribution in [3.63, 3.8) is 0 Å². The van der Waals surface area contributed by atoms with Crippen LogP contribution in [0.2, 0.25) is 0 Å². The molecule has 3 heteroatoms. The molecule has 1 N–H and O–H groups in total. The molecule has 0 aromatic rings. The minimum absolute atomic E-state index is 0.395. The highest BCUT2D eigenvalue weighted by molar-refractivity contribution is 4.77. The fraction of sp³-hybridized carbons (Fsp3) is 1.00. The minimum atomic E-state index is 0.395. The van der Waals surface area contributed by atoms with E-state index in [-0.39, 0.29) is 0 Å². The van der Waals surface area contributed by atoms with Gasteiger partial charge in [0.1, 0.15) is 6.04 Å². The van der Waals surface area contributed by atoms with Crippen LogP contribution in [-0.4, -0.2) is 37.1 Å². The van der Waals surface area contributed by atoms with Gasteiger partial charge < -0.3 is 10.3 Å². The summed E-state index contributed by atoms with van der Waals surface area (Å²) in [5.41, 5.74) is 0. The van der Waals surface area contributed by atoms with Crippen LogP contribution in [0.1, 0.15) is 19.3 Å². The zero-order valence-corrected chi connectivity index (χ0v) is 6.88. The lowest BCUT2D eigenvalue weighted by Gasteiger charge is -2.35. The van der Waals surface area contributed by atoms with E-state index in [0.29, 0.717) is 11.1 Å². The van der Waals surface area contributed by atoms with Crippen molar-refractivity contribution in [1.29, 1.82) is 0 Å². The summed E-state index contributed by atoms with van der Waals surface area (Å²) >= 11 is 0. The summed E-state index contributed by atoms with van der Waals surface area (Å²) in [4.78, 5) is 2.36. The average molecular weight is 156 g/mol. The van der Waals surface area contributed by atoms with Crippen molar-refractivity contribution in [1.82, 2.24) is 4.90 Å². The molecule has 11 heavy (non-hydrogen) atoms. The smallest absolute Gasteiger partial charge is 0.100 e. The number of hydrogen-bond acceptors (Lipinski definition) is 2. The molecule has 0 radical (unpaired) electrons. The zero-order chi connectivity index (χ0) is 7.68. The SMILES string of the molecule is [O-][NH+]1CCCCC1CN1CC1. The molecule has 0 amide bonds. The average Bonchev–Trinajstić information content (AvgIpc) is 2.78. The lowest BCUT2D eigenvalue weighted by molar-refractivity contribution is -0.880. The van der Waals surface area contributed by atoms with Gasteiger partial charge in [0.2, 0.25) is 0 Å². The van der Waals surface area contributed by atoms with Crippen LogP contribution < -0.4 is 5.06 Å². The van der Waals surface area contributed by atoms with E-state index in [9.17, 15) is 5.21 Å². The van der Waals surface area contributed by atoms with Crippen LogP contribution in [-0.2, 0) is 0 Å². The molecule has 2 unspecified atom stereocenters. The van der Waals surface area contributed by atoms with Crippen LogP contribution in [0.3, 0.4) is 0 Å². The number of nitrogens with zero attached hydrogens (tertiary/aromatic N) is 1. The Balaban J connectivity index is 1.78. The molecule has 0 aromatic heterocycles. The Morgan fingerprint density at radius 3 is 2.82 bits per heavy atom. The summed E-state index contributed by atoms with van der Waals surface area (Å²) in [5.74, 6) is 0. The van der Waals surface area contributed by atoms with Gasteiger partial charge in [-0.3, -0.25) is 4.90 Å². The second-order valence-corrected chi connectivity index (χ2v) is 3.71. The molecule has 0 aromatic carbocycles. The molecule has 0 aliphatic carbocycles. The van der Waals surface area contributed by atoms with Crippen LogP contribution in [0.5, 0.6) is 0 Å². The maximum Gasteiger partial charge on any atom is 0.100 e. The molecule has 3 nitrogen and oxygen atoms in total. The van der Waals surface area contributed by atoms with E-state index < -0.39 is 0 Å². The van der Waals surface area contributed by atoms with Crippen molar-refractivity contribution >= 4 is 0 Å². The van der Waals surface area contributed by atoms with Gasteiger partial charge in [-0.05, 0) is 12.8 Å². The van der Waals surface area contributed by atoms with Gasteiger partial charge in [-0.15, -0.1) is 0 Å². The molecule has 2 saturated heterocycles. The molecule has 0 bridgehead atoms. The fourth-order valence-corrected chi connectivity index (χ4v) is 1.81. The molecule has 64 valence electrons. The van der Waals surface area contributed by atoms with Crippen LogP contribution in [0.4, 0.5) is 0 Å². The van der Waals surface area contributed by atoms with E-state index in [2.05, 4.69) is 4.90 Å². The molecule has 2 aliphatic rings. The van der Waals surface area contributed by atoms with Crippen LogP contribution in [0, 0.1) is 5.21 Å². The summed E-state index contributed by atoms with van der Waals surface area (Å²) in [5, 5.41) is 11.8. The quantitative estimate of drug-likeness (QED) is 0.421. The Labute approximate surface area is 67.6 Å². The summed E-state index contributed by atoms with van der Waals surface area (Å²) in [6.07, 6.45) is 3.55. The fourth-order valence-electron chi connectivity index (χ4n) is 1.81. The number of piperidine rings is 1. The second-order valence-electron chi connectivity index (χ2n) is 3.71. The third kappa shape index (κ3) is 1.92. The predicted octanol–water partition coefficient (Wildman–Crippen LogP) is -0.763. The molecule has 0 saturated carbocycles. The number of nitrogens with one attached hydrogen (secondary N) is 1. The maximum atomic E-state index is 11.3. The van der Waals surface area contributed by atoms with Crippen molar-refractivity contribution in [3.05, 3.63) is 5.21 Å². The monoisotopic (exact) mass is 156 g/mol. The van der Waals surface area contributed by atoms with Gasteiger partial charge in [-0.1, -0.05) is 0 Å². The van der Waals surface area contributed by atoms with E-state index in [0.717, 1.165) is 25.9 Å². The largest absolute Gasteiger partial charge is 0.634 e. The first-order valence-corrected chi connectivity index (χ1v) is 4.61. The minimum Gasteiger partial charge on any atom is -0.634 e. The van der Waals surface area contributed by atoms with Gasteiger partial charge in [0.25, 0.3) is 0 Å². The Kier molecular flexibility index (Phi) is 2.11. The summed E-state index contributed by atoms with van der Waals surface area (Å²) in [6, 6.07) is 0.395. The van der Waals surface area contributed by atoms with Gasteiger partial charge >= 0.3 is 0 Å². The lowest BCUT2D eigenvalue weighted by Crippen LogP contribution is -3.12. The number of hydroxylamine groups is 2. The first-order valence-electron chi connectivity index (χ1n) is 4.61. The highest BCUT2D eigenvalue weighted by Gasteiger charge is 2.27. The third-order valence-electron chi connectivity index (χ3n) is 2.70.